The average Bonchev–Trinajstić information content (AvgIpc) is 3.44. The largest absolute Gasteiger partial charge is 0.368 e. The van der Waals surface area contributed by atoms with Crippen molar-refractivity contribution in [3.05, 3.63) is 65.8 Å². The molecule has 4 heterocycles. The number of hydrogen-bond donors (Lipinski definition) is 2. The van der Waals surface area contributed by atoms with Gasteiger partial charge in [0.05, 0.1) is 16.1 Å². The van der Waals surface area contributed by atoms with E-state index in [2.05, 4.69) is 54.2 Å². The summed E-state index contributed by atoms with van der Waals surface area (Å²) >= 11 is 6.27. The lowest BCUT2D eigenvalue weighted by molar-refractivity contribution is 0.648. The van der Waals surface area contributed by atoms with Gasteiger partial charge in [0.15, 0.2) is 5.82 Å². The molecule has 0 unspecified atom stereocenters. The molecule has 2 N–H and O–H groups in total. The van der Waals surface area contributed by atoms with Gasteiger partial charge in [-0.05, 0) is 36.4 Å². The highest BCUT2D eigenvalue weighted by Crippen LogP contribution is 2.31. The van der Waals surface area contributed by atoms with Gasteiger partial charge in [-0.1, -0.05) is 29.8 Å². The van der Waals surface area contributed by atoms with Crippen LogP contribution in [0.1, 0.15) is 0 Å². The molecule has 8 heteroatoms. The van der Waals surface area contributed by atoms with Gasteiger partial charge in [-0.3, -0.25) is 5.10 Å². The molecule has 1 saturated heterocycles. The topological polar surface area (TPSA) is 76.7 Å². The summed E-state index contributed by atoms with van der Waals surface area (Å²) in [5, 5.41) is 9.02. The van der Waals surface area contributed by atoms with Gasteiger partial charge < -0.3 is 14.8 Å². The van der Waals surface area contributed by atoms with Gasteiger partial charge in [-0.25, -0.2) is 9.97 Å². The van der Waals surface area contributed by atoms with Crippen LogP contribution in [-0.4, -0.2) is 51.3 Å². The number of halogens is 1. The highest BCUT2D eigenvalue weighted by molar-refractivity contribution is 6.35. The van der Waals surface area contributed by atoms with E-state index in [9.17, 15) is 0 Å². The first-order valence-corrected chi connectivity index (χ1v) is 10.7. The minimum absolute atomic E-state index is 0.628. The van der Waals surface area contributed by atoms with Crippen LogP contribution >= 0.6 is 11.6 Å². The van der Waals surface area contributed by atoms with Crippen LogP contribution in [0.2, 0.25) is 5.02 Å². The Morgan fingerprint density at radius 2 is 1.77 bits per heavy atom. The number of rotatable bonds is 3. The van der Waals surface area contributed by atoms with Gasteiger partial charge in [-0.15, -0.1) is 0 Å². The number of pyridine rings is 1. The monoisotopic (exact) mass is 429 g/mol. The fraction of sp³-hybridized carbons (Fsp3) is 0.174. The van der Waals surface area contributed by atoms with Crippen LogP contribution in [0.3, 0.4) is 0 Å². The van der Waals surface area contributed by atoms with E-state index in [0.29, 0.717) is 5.02 Å². The molecule has 31 heavy (non-hydrogen) atoms. The van der Waals surface area contributed by atoms with E-state index in [4.69, 9.17) is 16.6 Å². The number of piperazine rings is 1. The number of nitrogens with zero attached hydrogens (tertiary/aromatic N) is 5. The fourth-order valence-electron chi connectivity index (χ4n) is 4.23. The number of para-hydroxylation sites is 1. The summed E-state index contributed by atoms with van der Waals surface area (Å²) in [4.78, 5) is 17.4. The van der Waals surface area contributed by atoms with Crippen molar-refractivity contribution in [2.24, 2.45) is 0 Å². The fourth-order valence-corrected chi connectivity index (χ4v) is 4.45. The lowest BCUT2D eigenvalue weighted by atomic mass is 10.2. The molecule has 0 bridgehead atoms. The average molecular weight is 430 g/mol. The SMILES string of the molecule is Clc1cccc2c(-c3nc4ccc(N5CCN(c6ccccn6)CC5)cc4[nH]3)[nH]nc12. The van der Waals surface area contributed by atoms with Crippen molar-refractivity contribution >= 4 is 45.0 Å². The Kier molecular flexibility index (Phi) is 4.28. The van der Waals surface area contributed by atoms with Crippen LogP contribution in [0.4, 0.5) is 11.5 Å². The maximum Gasteiger partial charge on any atom is 0.157 e. The normalized spacial score (nSPS) is 14.6. The molecule has 0 spiro atoms. The Labute approximate surface area is 183 Å². The quantitative estimate of drug-likeness (QED) is 0.442. The molecule has 154 valence electrons. The number of aromatic nitrogens is 5. The van der Waals surface area contributed by atoms with Crippen LogP contribution in [0.25, 0.3) is 33.5 Å². The second kappa shape index (κ2) is 7.28. The lowest BCUT2D eigenvalue weighted by Gasteiger charge is -2.36. The maximum absolute atomic E-state index is 6.27. The lowest BCUT2D eigenvalue weighted by Crippen LogP contribution is -2.46. The summed E-state index contributed by atoms with van der Waals surface area (Å²) in [6.45, 7) is 3.80. The molecule has 1 aliphatic rings. The number of benzene rings is 2. The number of anilines is 2. The molecule has 0 saturated carbocycles. The van der Waals surface area contributed by atoms with Gasteiger partial charge in [-0.2, -0.15) is 5.10 Å². The smallest absolute Gasteiger partial charge is 0.157 e. The maximum atomic E-state index is 6.27. The van der Waals surface area contributed by atoms with Gasteiger partial charge in [0, 0.05) is 43.4 Å². The molecule has 0 radical (unpaired) electrons. The molecule has 6 rings (SSSR count). The number of hydrogen-bond acceptors (Lipinski definition) is 5. The summed E-state index contributed by atoms with van der Waals surface area (Å²) in [6, 6.07) is 18.2. The number of H-pyrrole nitrogens is 2. The molecule has 0 atom stereocenters. The molecule has 1 fully saturated rings. The molecule has 5 aromatic rings. The standard InChI is InChI=1S/C23H20ClN7/c24-17-5-3-4-16-21(17)28-29-22(16)23-26-18-8-7-15(14-19(18)27-23)30-10-12-31(13-11-30)20-6-1-2-9-25-20/h1-9,14H,10-13H2,(H,26,27)(H,28,29). The van der Waals surface area contributed by atoms with Crippen molar-refractivity contribution in [2.45, 2.75) is 0 Å². The van der Waals surface area contributed by atoms with Crippen LogP contribution < -0.4 is 9.80 Å². The van der Waals surface area contributed by atoms with E-state index in [0.717, 1.165) is 65.5 Å². The second-order valence-corrected chi connectivity index (χ2v) is 8.09. The minimum atomic E-state index is 0.628. The molecule has 0 aliphatic carbocycles. The van der Waals surface area contributed by atoms with E-state index in [1.165, 1.54) is 5.69 Å². The van der Waals surface area contributed by atoms with Crippen LogP contribution in [0.15, 0.2) is 60.8 Å². The van der Waals surface area contributed by atoms with E-state index in [-0.39, 0.29) is 0 Å². The highest BCUT2D eigenvalue weighted by Gasteiger charge is 2.19. The third-order valence-electron chi connectivity index (χ3n) is 5.86. The first-order chi connectivity index (χ1) is 15.3. The summed E-state index contributed by atoms with van der Waals surface area (Å²) in [6.07, 6.45) is 1.85. The summed E-state index contributed by atoms with van der Waals surface area (Å²) in [5.41, 5.74) is 4.73. The zero-order valence-electron chi connectivity index (χ0n) is 16.7. The molecular formula is C23H20ClN7. The number of fused-ring (bicyclic) bond motifs is 2. The predicted molar refractivity (Wildman–Crippen MR) is 125 cm³/mol. The van der Waals surface area contributed by atoms with E-state index < -0.39 is 0 Å². The Morgan fingerprint density at radius 1 is 0.903 bits per heavy atom. The van der Waals surface area contributed by atoms with Crippen molar-refractivity contribution in [2.75, 3.05) is 36.0 Å². The summed E-state index contributed by atoms with van der Waals surface area (Å²) < 4.78 is 0. The number of aromatic amines is 2. The highest BCUT2D eigenvalue weighted by atomic mass is 35.5. The zero-order chi connectivity index (χ0) is 20.8. The Bertz CT molecular complexity index is 1370. The van der Waals surface area contributed by atoms with Crippen molar-refractivity contribution in [3.63, 3.8) is 0 Å². The third-order valence-corrected chi connectivity index (χ3v) is 6.16. The molecule has 0 amide bonds. The van der Waals surface area contributed by atoms with Crippen LogP contribution in [0, 0.1) is 0 Å². The Balaban J connectivity index is 1.27. The first kappa shape index (κ1) is 18.2. The second-order valence-electron chi connectivity index (χ2n) is 7.68. The van der Waals surface area contributed by atoms with Gasteiger partial charge in [0.25, 0.3) is 0 Å². The Morgan fingerprint density at radius 3 is 2.61 bits per heavy atom. The molecule has 1 aliphatic heterocycles. The molecule has 2 aromatic carbocycles. The van der Waals surface area contributed by atoms with E-state index in [1.807, 2.05) is 36.5 Å². The van der Waals surface area contributed by atoms with E-state index in [1.54, 1.807) is 0 Å². The van der Waals surface area contributed by atoms with Crippen molar-refractivity contribution in [1.82, 2.24) is 25.1 Å². The molecular weight excluding hydrogens is 410 g/mol. The van der Waals surface area contributed by atoms with Crippen molar-refractivity contribution in [3.8, 4) is 11.5 Å². The Hall–Kier alpha value is -3.58. The predicted octanol–water partition coefficient (Wildman–Crippen LogP) is 4.48. The molecule has 7 nitrogen and oxygen atoms in total. The third kappa shape index (κ3) is 3.18. The summed E-state index contributed by atoms with van der Waals surface area (Å²) in [5.74, 6) is 1.81. The number of nitrogens with one attached hydrogen (secondary N) is 2. The first-order valence-electron chi connectivity index (χ1n) is 10.3. The van der Waals surface area contributed by atoms with Crippen molar-refractivity contribution in [1.29, 1.82) is 0 Å². The van der Waals surface area contributed by atoms with Gasteiger partial charge in [0.2, 0.25) is 0 Å². The van der Waals surface area contributed by atoms with Gasteiger partial charge in [0.1, 0.15) is 17.0 Å². The van der Waals surface area contributed by atoms with E-state index >= 15 is 0 Å². The number of imidazole rings is 1. The van der Waals surface area contributed by atoms with Gasteiger partial charge >= 0.3 is 0 Å². The molecule has 3 aromatic heterocycles. The minimum Gasteiger partial charge on any atom is -0.368 e. The zero-order valence-corrected chi connectivity index (χ0v) is 17.5. The summed E-state index contributed by atoms with van der Waals surface area (Å²) in [7, 11) is 0. The van der Waals surface area contributed by atoms with Crippen molar-refractivity contribution < 1.29 is 0 Å². The van der Waals surface area contributed by atoms with Crippen LogP contribution in [-0.2, 0) is 0 Å². The van der Waals surface area contributed by atoms with Crippen LogP contribution in [0.5, 0.6) is 0 Å².